The lowest BCUT2D eigenvalue weighted by Crippen LogP contribution is -2.42. The molecule has 3 N–H and O–H groups in total. The predicted molar refractivity (Wildman–Crippen MR) is 156 cm³/mol. The van der Waals surface area contributed by atoms with E-state index in [1.807, 2.05) is 6.07 Å². The van der Waals surface area contributed by atoms with E-state index in [1.165, 1.54) is 60.7 Å². The molecule has 2 amide bonds. The number of cyclic esters (lactones) is 1. The summed E-state index contributed by atoms with van der Waals surface area (Å²) in [5.41, 5.74) is 2.51. The molecule has 3 atom stereocenters. The van der Waals surface area contributed by atoms with Crippen LogP contribution in [-0.4, -0.2) is 39.5 Å². The highest BCUT2D eigenvalue weighted by Gasteiger charge is 2.44. The second kappa shape index (κ2) is 13.2. The van der Waals surface area contributed by atoms with E-state index in [4.69, 9.17) is 4.74 Å². The van der Waals surface area contributed by atoms with Crippen LogP contribution in [-0.2, 0) is 9.53 Å². The van der Waals surface area contributed by atoms with Crippen LogP contribution in [0, 0.1) is 17.6 Å². The number of oxime groups is 1. The second-order valence-corrected chi connectivity index (χ2v) is 10.1. The molecule has 1 aliphatic heterocycles. The summed E-state index contributed by atoms with van der Waals surface area (Å²) in [7, 11) is 0. The van der Waals surface area contributed by atoms with Crippen LogP contribution >= 0.6 is 0 Å². The number of halogens is 2. The molecule has 4 aromatic carbocycles. The van der Waals surface area contributed by atoms with Crippen molar-refractivity contribution in [2.24, 2.45) is 11.1 Å². The molecule has 0 bridgehead atoms. The summed E-state index contributed by atoms with van der Waals surface area (Å²) in [6.45, 7) is -0.0184. The highest BCUT2D eigenvalue weighted by molar-refractivity contribution is 6.01. The van der Waals surface area contributed by atoms with Crippen molar-refractivity contribution in [2.75, 3.05) is 11.9 Å². The maximum Gasteiger partial charge on any atom is 0.417 e. The number of nitrogens with zero attached hydrogens (tertiary/aromatic N) is 2. The normalized spacial score (nSPS) is 16.4. The number of benzene rings is 4. The zero-order valence-electron chi connectivity index (χ0n) is 22.9. The predicted octanol–water partition coefficient (Wildman–Crippen LogP) is 6.82. The van der Waals surface area contributed by atoms with Crippen LogP contribution in [0.5, 0.6) is 5.75 Å². The number of imide groups is 1. The van der Waals surface area contributed by atoms with Crippen LogP contribution in [0.2, 0.25) is 0 Å². The van der Waals surface area contributed by atoms with Gasteiger partial charge in [0, 0.05) is 5.69 Å². The average Bonchev–Trinajstić information content (AvgIpc) is 3.42. The Balaban J connectivity index is 1.55. The monoisotopic (exact) mass is 585 g/mol. The van der Waals surface area contributed by atoms with Gasteiger partial charge in [0.25, 0.3) is 0 Å². The smallest absolute Gasteiger partial charge is 0.417 e. The maximum absolute atomic E-state index is 14.5. The largest absolute Gasteiger partial charge is 0.508 e. The topological polar surface area (TPSA) is 111 Å². The highest BCUT2D eigenvalue weighted by atomic mass is 19.1. The van der Waals surface area contributed by atoms with E-state index in [9.17, 15) is 28.7 Å². The van der Waals surface area contributed by atoms with Gasteiger partial charge in [-0.05, 0) is 78.1 Å². The Morgan fingerprint density at radius 2 is 1.56 bits per heavy atom. The molecule has 4 aromatic rings. The number of anilines is 1. The number of carbonyl (C=O) groups excluding carboxylic acids is 2. The van der Waals surface area contributed by atoms with Gasteiger partial charge in [0.05, 0.1) is 17.7 Å². The van der Waals surface area contributed by atoms with Crippen LogP contribution in [0.15, 0.2) is 108 Å². The molecule has 0 saturated carbocycles. The third-order valence-electron chi connectivity index (χ3n) is 7.42. The van der Waals surface area contributed by atoms with Crippen molar-refractivity contribution in [1.82, 2.24) is 4.90 Å². The Bertz CT molecular complexity index is 1580. The van der Waals surface area contributed by atoms with Crippen LogP contribution in [0.25, 0.3) is 0 Å². The van der Waals surface area contributed by atoms with Gasteiger partial charge in [0.15, 0.2) is 0 Å². The lowest BCUT2D eigenvalue weighted by atomic mass is 9.85. The summed E-state index contributed by atoms with van der Waals surface area (Å²) >= 11 is 0. The van der Waals surface area contributed by atoms with E-state index < -0.39 is 41.6 Å². The molecule has 43 heavy (non-hydrogen) atoms. The Hall–Kier alpha value is -5.25. The molecule has 0 aliphatic carbocycles. The first-order valence-electron chi connectivity index (χ1n) is 13.7. The maximum atomic E-state index is 14.5. The first kappa shape index (κ1) is 29.2. The number of phenols is 1. The van der Waals surface area contributed by atoms with Gasteiger partial charge in [-0.25, -0.2) is 18.5 Å². The third kappa shape index (κ3) is 6.81. The molecule has 1 fully saturated rings. The van der Waals surface area contributed by atoms with Crippen LogP contribution in [0.4, 0.5) is 19.3 Å². The Labute approximate surface area is 246 Å². The van der Waals surface area contributed by atoms with Crippen molar-refractivity contribution >= 4 is 23.4 Å². The van der Waals surface area contributed by atoms with Gasteiger partial charge in [0.2, 0.25) is 5.91 Å². The summed E-state index contributed by atoms with van der Waals surface area (Å²) in [5, 5.41) is 26.5. The fourth-order valence-electron chi connectivity index (χ4n) is 5.21. The standard InChI is InChI=1S/C33H29F2N3O5/c34-24-10-6-21(7-11-24)29(37-42)19-18-28(32(40)38-30(20-43-33(38)41)22-4-2-1-3-5-22)31(23-8-16-27(39)17-9-23)36-26-14-12-25(35)13-15-26/h1-17,28,30-31,36,39,42H,18-20H2/b37-29-/t28?,30-,31?/m1/s1. The van der Waals surface area contributed by atoms with Gasteiger partial charge >= 0.3 is 6.09 Å². The quantitative estimate of drug-likeness (QED) is 0.107. The van der Waals surface area contributed by atoms with Crippen molar-refractivity contribution in [3.8, 4) is 5.75 Å². The molecule has 1 saturated heterocycles. The number of hydrogen-bond acceptors (Lipinski definition) is 7. The van der Waals surface area contributed by atoms with E-state index in [2.05, 4.69) is 10.5 Å². The average molecular weight is 586 g/mol. The van der Waals surface area contributed by atoms with Crippen molar-refractivity contribution in [3.05, 3.63) is 131 Å². The van der Waals surface area contributed by atoms with Gasteiger partial charge in [-0.2, -0.15) is 0 Å². The van der Waals surface area contributed by atoms with E-state index in [0.29, 0.717) is 16.8 Å². The van der Waals surface area contributed by atoms with Crippen LogP contribution in [0.1, 0.15) is 41.6 Å². The van der Waals surface area contributed by atoms with E-state index in [0.717, 1.165) is 10.5 Å². The molecular weight excluding hydrogens is 556 g/mol. The summed E-state index contributed by atoms with van der Waals surface area (Å²) in [4.78, 5) is 28.6. The van der Waals surface area contributed by atoms with Crippen molar-refractivity contribution in [3.63, 3.8) is 0 Å². The summed E-state index contributed by atoms with van der Waals surface area (Å²) < 4.78 is 32.6. The fraction of sp³-hybridized carbons (Fsp3) is 0.182. The molecule has 10 heteroatoms. The second-order valence-electron chi connectivity index (χ2n) is 10.1. The number of carbonyl (C=O) groups is 2. The third-order valence-corrected chi connectivity index (χ3v) is 7.42. The Morgan fingerprint density at radius 3 is 2.19 bits per heavy atom. The zero-order chi connectivity index (χ0) is 30.3. The molecule has 0 radical (unpaired) electrons. The molecule has 8 nitrogen and oxygen atoms in total. The Kier molecular flexibility index (Phi) is 8.95. The number of nitrogens with one attached hydrogen (secondary N) is 1. The molecule has 1 heterocycles. The minimum Gasteiger partial charge on any atom is -0.508 e. The first-order chi connectivity index (χ1) is 20.8. The summed E-state index contributed by atoms with van der Waals surface area (Å²) in [6.07, 6.45) is -0.623. The number of aromatic hydroxyl groups is 1. The van der Waals surface area contributed by atoms with Gasteiger partial charge in [-0.1, -0.05) is 59.8 Å². The van der Waals surface area contributed by atoms with Crippen molar-refractivity contribution < 1.29 is 33.4 Å². The minimum absolute atomic E-state index is 0.0184. The summed E-state index contributed by atoms with van der Waals surface area (Å²) in [5.74, 6) is -2.37. The first-order valence-corrected chi connectivity index (χ1v) is 13.7. The van der Waals surface area contributed by atoms with Crippen molar-refractivity contribution in [1.29, 1.82) is 0 Å². The minimum atomic E-state index is -0.955. The zero-order valence-corrected chi connectivity index (χ0v) is 22.9. The molecular formula is C33H29F2N3O5. The van der Waals surface area contributed by atoms with E-state index in [-0.39, 0.29) is 30.9 Å². The van der Waals surface area contributed by atoms with Crippen LogP contribution < -0.4 is 5.32 Å². The van der Waals surface area contributed by atoms with Gasteiger partial charge in [-0.3, -0.25) is 4.79 Å². The molecule has 1 aliphatic rings. The lowest BCUT2D eigenvalue weighted by molar-refractivity contribution is -0.134. The summed E-state index contributed by atoms with van der Waals surface area (Å²) in [6, 6.07) is 24.9. The number of amides is 2. The van der Waals surface area contributed by atoms with Crippen LogP contribution in [0.3, 0.4) is 0 Å². The Morgan fingerprint density at radius 1 is 0.930 bits per heavy atom. The van der Waals surface area contributed by atoms with Gasteiger partial charge < -0.3 is 20.4 Å². The number of rotatable bonds is 10. The molecule has 2 unspecified atom stereocenters. The number of hydrogen-bond donors (Lipinski definition) is 3. The number of phenolic OH excluding ortho intramolecular Hbond substituents is 1. The van der Waals surface area contributed by atoms with Gasteiger partial charge in [-0.15, -0.1) is 0 Å². The van der Waals surface area contributed by atoms with Gasteiger partial charge in [0.1, 0.15) is 30.0 Å². The fourth-order valence-corrected chi connectivity index (χ4v) is 5.21. The van der Waals surface area contributed by atoms with E-state index in [1.54, 1.807) is 36.4 Å². The molecule has 220 valence electrons. The molecule has 5 rings (SSSR count). The molecule has 0 aromatic heterocycles. The SMILES string of the molecule is O=C1OC[C@H](c2ccccc2)N1C(=O)C(CC/C(=N/O)c1ccc(F)cc1)C(Nc1ccc(F)cc1)c1ccc(O)cc1. The van der Waals surface area contributed by atoms with E-state index >= 15 is 0 Å². The molecule has 0 spiro atoms. The van der Waals surface area contributed by atoms with Crippen molar-refractivity contribution in [2.45, 2.75) is 24.9 Å². The lowest BCUT2D eigenvalue weighted by Gasteiger charge is -2.32. The number of ether oxygens (including phenoxy) is 1. The highest BCUT2D eigenvalue weighted by Crippen LogP contribution is 2.37.